The summed E-state index contributed by atoms with van der Waals surface area (Å²) in [7, 11) is 0. The van der Waals surface area contributed by atoms with Crippen LogP contribution in [-0.4, -0.2) is 22.3 Å². The van der Waals surface area contributed by atoms with Crippen LogP contribution in [0.2, 0.25) is 0 Å². The number of alkyl halides is 1. The highest BCUT2D eigenvalue weighted by molar-refractivity contribution is 9.10. The number of carbonyl (C=O) groups excluding carboxylic acids is 1. The van der Waals surface area contributed by atoms with E-state index in [-0.39, 0.29) is 11.9 Å². The summed E-state index contributed by atoms with van der Waals surface area (Å²) in [5.74, 6) is 0.596. The van der Waals surface area contributed by atoms with E-state index in [0.717, 1.165) is 22.6 Å². The van der Waals surface area contributed by atoms with E-state index in [1.165, 1.54) is 12.8 Å². The fourth-order valence-electron chi connectivity index (χ4n) is 2.37. The van der Waals surface area contributed by atoms with Crippen molar-refractivity contribution in [2.45, 2.75) is 31.7 Å². The number of halogens is 2. The smallest absolute Gasteiger partial charge is 0.271 e. The quantitative estimate of drug-likeness (QED) is 0.821. The average Bonchev–Trinajstić information content (AvgIpc) is 2.39. The Morgan fingerprint density at radius 1 is 1.50 bits per heavy atom. The summed E-state index contributed by atoms with van der Waals surface area (Å²) in [6, 6.07) is 3.93. The molecule has 0 aromatic carbocycles. The molecular formula is C13H16Br2N2O. The number of amides is 1. The van der Waals surface area contributed by atoms with Crippen molar-refractivity contribution in [2.24, 2.45) is 5.92 Å². The molecule has 0 saturated heterocycles. The van der Waals surface area contributed by atoms with E-state index in [2.05, 4.69) is 42.2 Å². The zero-order valence-corrected chi connectivity index (χ0v) is 13.2. The summed E-state index contributed by atoms with van der Waals surface area (Å²) in [6.45, 7) is 0. The fraction of sp³-hybridized carbons (Fsp3) is 0.538. The molecule has 2 unspecified atom stereocenters. The summed E-state index contributed by atoms with van der Waals surface area (Å²) < 4.78 is 0.746. The van der Waals surface area contributed by atoms with Crippen molar-refractivity contribution in [1.29, 1.82) is 0 Å². The maximum Gasteiger partial charge on any atom is 0.271 e. The molecule has 0 aliphatic heterocycles. The van der Waals surface area contributed by atoms with Crippen LogP contribution in [0, 0.1) is 5.92 Å². The van der Waals surface area contributed by atoms with E-state index in [9.17, 15) is 4.79 Å². The zero-order valence-electron chi connectivity index (χ0n) is 10.0. The van der Waals surface area contributed by atoms with Crippen LogP contribution < -0.4 is 5.32 Å². The summed E-state index contributed by atoms with van der Waals surface area (Å²) in [5, 5.41) is 4.11. The van der Waals surface area contributed by atoms with Crippen molar-refractivity contribution in [1.82, 2.24) is 10.3 Å². The normalized spacial score (nSPS) is 23.7. The summed E-state index contributed by atoms with van der Waals surface area (Å²) in [6.07, 6.45) is 6.21. The number of rotatable bonds is 3. The summed E-state index contributed by atoms with van der Waals surface area (Å²) in [5.41, 5.74) is 0.471. The number of hydrogen-bond acceptors (Lipinski definition) is 2. The Hall–Kier alpha value is -0.420. The number of nitrogens with zero attached hydrogens (tertiary/aromatic N) is 1. The van der Waals surface area contributed by atoms with Gasteiger partial charge < -0.3 is 5.32 Å². The molecule has 2 atom stereocenters. The van der Waals surface area contributed by atoms with Gasteiger partial charge in [-0.3, -0.25) is 4.79 Å². The average molecular weight is 376 g/mol. The van der Waals surface area contributed by atoms with Gasteiger partial charge in [0.2, 0.25) is 0 Å². The highest BCUT2D eigenvalue weighted by Gasteiger charge is 2.23. The van der Waals surface area contributed by atoms with Crippen LogP contribution in [0.25, 0.3) is 0 Å². The first-order valence-electron chi connectivity index (χ1n) is 6.18. The predicted octanol–water partition coefficient (Wildman–Crippen LogP) is 3.53. The molecule has 1 aliphatic rings. The number of pyridine rings is 1. The lowest BCUT2D eigenvalue weighted by Crippen LogP contribution is -2.39. The van der Waals surface area contributed by atoms with Gasteiger partial charge in [-0.2, -0.15) is 0 Å². The third-order valence-electron chi connectivity index (χ3n) is 3.31. The maximum atomic E-state index is 12.1. The molecule has 0 radical (unpaired) electrons. The standard InChI is InChI=1S/C13H16Br2N2O/c14-8-9-3-1-4-10(7-9)17-13(18)12-11(15)5-2-6-16-12/h2,5-6,9-10H,1,3-4,7-8H2,(H,17,18). The minimum Gasteiger partial charge on any atom is -0.348 e. The van der Waals surface area contributed by atoms with Gasteiger partial charge in [0, 0.05) is 22.0 Å². The van der Waals surface area contributed by atoms with Crippen molar-refractivity contribution >= 4 is 37.8 Å². The van der Waals surface area contributed by atoms with E-state index in [0.29, 0.717) is 11.6 Å². The Kier molecular flexibility index (Phi) is 5.18. The van der Waals surface area contributed by atoms with Crippen LogP contribution >= 0.6 is 31.9 Å². The van der Waals surface area contributed by atoms with E-state index in [4.69, 9.17) is 0 Å². The van der Waals surface area contributed by atoms with E-state index < -0.39 is 0 Å². The van der Waals surface area contributed by atoms with E-state index in [1.54, 1.807) is 6.20 Å². The van der Waals surface area contributed by atoms with E-state index in [1.807, 2.05) is 12.1 Å². The zero-order chi connectivity index (χ0) is 13.0. The minimum atomic E-state index is -0.0808. The lowest BCUT2D eigenvalue weighted by molar-refractivity contribution is 0.0916. The van der Waals surface area contributed by atoms with Crippen molar-refractivity contribution < 1.29 is 4.79 Å². The van der Waals surface area contributed by atoms with Gasteiger partial charge >= 0.3 is 0 Å². The van der Waals surface area contributed by atoms with Crippen LogP contribution in [-0.2, 0) is 0 Å². The van der Waals surface area contributed by atoms with Crippen LogP contribution in [0.5, 0.6) is 0 Å². The molecule has 1 amide bonds. The molecule has 5 heteroatoms. The van der Waals surface area contributed by atoms with Crippen LogP contribution in [0.15, 0.2) is 22.8 Å². The minimum absolute atomic E-state index is 0.0808. The van der Waals surface area contributed by atoms with E-state index >= 15 is 0 Å². The molecule has 0 spiro atoms. The van der Waals surface area contributed by atoms with Gasteiger partial charge in [0.25, 0.3) is 5.91 Å². The molecule has 18 heavy (non-hydrogen) atoms. The van der Waals surface area contributed by atoms with Gasteiger partial charge in [-0.05, 0) is 53.2 Å². The molecule has 1 saturated carbocycles. The number of hydrogen-bond donors (Lipinski definition) is 1. The van der Waals surface area contributed by atoms with Crippen molar-refractivity contribution in [3.8, 4) is 0 Å². The van der Waals surface area contributed by atoms with Crippen molar-refractivity contribution in [3.05, 3.63) is 28.5 Å². The van der Waals surface area contributed by atoms with Crippen molar-refractivity contribution in [2.75, 3.05) is 5.33 Å². The van der Waals surface area contributed by atoms with Crippen LogP contribution in [0.1, 0.15) is 36.2 Å². The van der Waals surface area contributed by atoms with Crippen molar-refractivity contribution in [3.63, 3.8) is 0 Å². The largest absolute Gasteiger partial charge is 0.348 e. The Bertz CT molecular complexity index is 425. The number of carbonyl (C=O) groups is 1. The SMILES string of the molecule is O=C(NC1CCCC(CBr)C1)c1ncccc1Br. The number of nitrogens with one attached hydrogen (secondary N) is 1. The maximum absolute atomic E-state index is 12.1. The van der Waals surface area contributed by atoms with Gasteiger partial charge in [0.15, 0.2) is 0 Å². The van der Waals surface area contributed by atoms with Gasteiger partial charge in [0.1, 0.15) is 5.69 Å². The molecule has 1 aliphatic carbocycles. The van der Waals surface area contributed by atoms with Crippen LogP contribution in [0.3, 0.4) is 0 Å². The predicted molar refractivity (Wildman–Crippen MR) is 78.9 cm³/mol. The van der Waals surface area contributed by atoms with Gasteiger partial charge in [-0.15, -0.1) is 0 Å². The fourth-order valence-corrected chi connectivity index (χ4v) is 3.39. The Labute approximate surface area is 124 Å². The second-order valence-corrected chi connectivity index (χ2v) is 6.19. The molecule has 3 nitrogen and oxygen atoms in total. The molecule has 1 heterocycles. The second kappa shape index (κ2) is 6.66. The highest BCUT2D eigenvalue weighted by atomic mass is 79.9. The third-order valence-corrected chi connectivity index (χ3v) is 4.87. The van der Waals surface area contributed by atoms with Gasteiger partial charge in [0.05, 0.1) is 0 Å². The second-order valence-electron chi connectivity index (χ2n) is 4.69. The topological polar surface area (TPSA) is 42.0 Å². The number of aromatic nitrogens is 1. The lowest BCUT2D eigenvalue weighted by Gasteiger charge is -2.28. The highest BCUT2D eigenvalue weighted by Crippen LogP contribution is 2.26. The Balaban J connectivity index is 1.97. The molecule has 1 N–H and O–H groups in total. The molecule has 1 aromatic heterocycles. The first kappa shape index (κ1) is 14.0. The Morgan fingerprint density at radius 2 is 2.33 bits per heavy atom. The van der Waals surface area contributed by atoms with Crippen LogP contribution in [0.4, 0.5) is 0 Å². The van der Waals surface area contributed by atoms with Gasteiger partial charge in [-0.1, -0.05) is 22.4 Å². The third kappa shape index (κ3) is 3.54. The lowest BCUT2D eigenvalue weighted by atomic mass is 9.87. The molecule has 98 valence electrons. The molecule has 1 fully saturated rings. The Morgan fingerprint density at radius 3 is 3.06 bits per heavy atom. The monoisotopic (exact) mass is 374 g/mol. The summed E-state index contributed by atoms with van der Waals surface area (Å²) in [4.78, 5) is 16.2. The summed E-state index contributed by atoms with van der Waals surface area (Å²) >= 11 is 6.89. The first-order chi connectivity index (χ1) is 8.70. The van der Waals surface area contributed by atoms with Gasteiger partial charge in [-0.25, -0.2) is 4.98 Å². The molecule has 1 aromatic rings. The molecule has 0 bridgehead atoms. The first-order valence-corrected chi connectivity index (χ1v) is 8.09. The molecule has 2 rings (SSSR count). The molecular weight excluding hydrogens is 360 g/mol.